The van der Waals surface area contributed by atoms with Gasteiger partial charge < -0.3 is 15.5 Å². The van der Waals surface area contributed by atoms with E-state index in [2.05, 4.69) is 20.6 Å². The van der Waals surface area contributed by atoms with Crippen LogP contribution in [-0.4, -0.2) is 57.5 Å². The molecule has 2 fully saturated rings. The van der Waals surface area contributed by atoms with E-state index in [-0.39, 0.29) is 13.0 Å². The Hall–Kier alpha value is -2.81. The van der Waals surface area contributed by atoms with E-state index in [0.29, 0.717) is 24.1 Å². The summed E-state index contributed by atoms with van der Waals surface area (Å²) in [6, 6.07) is 6.20. The molecule has 7 nitrogen and oxygen atoms in total. The topological polar surface area (TPSA) is 70.4 Å². The summed E-state index contributed by atoms with van der Waals surface area (Å²) in [5.41, 5.74) is 2.23. The molecule has 3 aromatic rings. The average Bonchev–Trinajstić information content (AvgIpc) is 3.41. The van der Waals surface area contributed by atoms with Gasteiger partial charge in [-0.3, -0.25) is 4.40 Å². The van der Waals surface area contributed by atoms with Crippen LogP contribution in [0.15, 0.2) is 36.8 Å². The number of hydrogen-bond donors (Lipinski definition) is 2. The Morgan fingerprint density at radius 2 is 2.14 bits per heavy atom. The molecule has 5 rings (SSSR count). The molecular weight excluding hydrogens is 364 g/mol. The number of rotatable bonds is 4. The van der Waals surface area contributed by atoms with Gasteiger partial charge in [0.25, 0.3) is 5.92 Å². The van der Waals surface area contributed by atoms with Crippen LogP contribution in [0.1, 0.15) is 12.8 Å². The van der Waals surface area contributed by atoms with Gasteiger partial charge in [-0.15, -0.1) is 0 Å². The van der Waals surface area contributed by atoms with Gasteiger partial charge >= 0.3 is 0 Å². The van der Waals surface area contributed by atoms with Gasteiger partial charge in [0, 0.05) is 25.6 Å². The van der Waals surface area contributed by atoms with Crippen LogP contribution >= 0.6 is 0 Å². The first-order chi connectivity index (χ1) is 13.6. The van der Waals surface area contributed by atoms with Crippen LogP contribution in [-0.2, 0) is 0 Å². The lowest BCUT2D eigenvalue weighted by Crippen LogP contribution is -2.25. The Balaban J connectivity index is 1.46. The molecule has 1 atom stereocenters. The van der Waals surface area contributed by atoms with Crippen LogP contribution < -0.4 is 15.5 Å². The molecular formula is C19H21F2N7. The van der Waals surface area contributed by atoms with Crippen molar-refractivity contribution in [1.29, 1.82) is 0 Å². The van der Waals surface area contributed by atoms with Crippen molar-refractivity contribution in [2.75, 3.05) is 36.4 Å². The number of pyridine rings is 1. The van der Waals surface area contributed by atoms with Crippen molar-refractivity contribution in [1.82, 2.24) is 24.7 Å². The number of nitrogens with one attached hydrogen (secondary N) is 2. The van der Waals surface area contributed by atoms with Crippen LogP contribution in [0.2, 0.25) is 0 Å². The molecule has 0 bridgehead atoms. The largest absolute Gasteiger partial charge is 0.366 e. The highest BCUT2D eigenvalue weighted by Gasteiger charge is 2.38. The molecule has 2 saturated heterocycles. The van der Waals surface area contributed by atoms with Crippen LogP contribution in [0.25, 0.3) is 17.0 Å². The van der Waals surface area contributed by atoms with Gasteiger partial charge in [-0.05, 0) is 25.1 Å². The first kappa shape index (κ1) is 17.3. The van der Waals surface area contributed by atoms with Gasteiger partial charge in [-0.1, -0.05) is 6.07 Å². The number of halogens is 2. The molecule has 2 aliphatic heterocycles. The van der Waals surface area contributed by atoms with Crippen LogP contribution in [0, 0.1) is 0 Å². The zero-order chi connectivity index (χ0) is 19.1. The third kappa shape index (κ3) is 3.26. The number of hydrogen-bond acceptors (Lipinski definition) is 6. The summed E-state index contributed by atoms with van der Waals surface area (Å²) in [6.45, 7) is 1.93. The highest BCUT2D eigenvalue weighted by Crippen LogP contribution is 2.30. The summed E-state index contributed by atoms with van der Waals surface area (Å²) in [4.78, 5) is 15.0. The maximum absolute atomic E-state index is 13.6. The maximum Gasteiger partial charge on any atom is 0.266 e. The van der Waals surface area contributed by atoms with E-state index in [9.17, 15) is 8.78 Å². The lowest BCUT2D eigenvalue weighted by Gasteiger charge is -2.17. The normalized spacial score (nSPS) is 21.5. The molecule has 28 heavy (non-hydrogen) atoms. The molecule has 0 aliphatic carbocycles. The van der Waals surface area contributed by atoms with Crippen molar-refractivity contribution in [3.05, 3.63) is 36.8 Å². The minimum absolute atomic E-state index is 0.144. The molecule has 1 unspecified atom stereocenters. The highest BCUT2D eigenvalue weighted by molar-refractivity contribution is 5.63. The second kappa shape index (κ2) is 6.66. The zero-order valence-corrected chi connectivity index (χ0v) is 15.3. The SMILES string of the molecule is FC1(F)CCN(c2cn3c(-c4cccc(NC5CCNC5)n4)cnc3cn2)C1. The summed E-state index contributed by atoms with van der Waals surface area (Å²) in [5, 5.41) is 6.78. The first-order valence-corrected chi connectivity index (χ1v) is 9.48. The molecule has 0 saturated carbocycles. The van der Waals surface area contributed by atoms with E-state index in [4.69, 9.17) is 4.98 Å². The van der Waals surface area contributed by atoms with E-state index >= 15 is 0 Å². The second-order valence-corrected chi connectivity index (χ2v) is 7.39. The summed E-state index contributed by atoms with van der Waals surface area (Å²) in [7, 11) is 0. The summed E-state index contributed by atoms with van der Waals surface area (Å²) in [5.74, 6) is -1.32. The predicted molar refractivity (Wildman–Crippen MR) is 103 cm³/mol. The van der Waals surface area contributed by atoms with Gasteiger partial charge in [0.1, 0.15) is 11.6 Å². The van der Waals surface area contributed by atoms with E-state index in [1.165, 1.54) is 0 Å². The Kier molecular flexibility index (Phi) is 4.12. The average molecular weight is 385 g/mol. The summed E-state index contributed by atoms with van der Waals surface area (Å²) < 4.78 is 29.0. The number of aromatic nitrogens is 4. The Morgan fingerprint density at radius 1 is 1.21 bits per heavy atom. The fourth-order valence-corrected chi connectivity index (χ4v) is 3.81. The Labute approximate surface area is 160 Å². The zero-order valence-electron chi connectivity index (χ0n) is 15.3. The second-order valence-electron chi connectivity index (χ2n) is 7.39. The fraction of sp³-hybridized carbons (Fsp3) is 0.421. The maximum atomic E-state index is 13.6. The van der Waals surface area contributed by atoms with E-state index in [1.54, 1.807) is 23.5 Å². The summed E-state index contributed by atoms with van der Waals surface area (Å²) >= 11 is 0. The lowest BCUT2D eigenvalue weighted by molar-refractivity contribution is 0.0256. The van der Waals surface area contributed by atoms with Gasteiger partial charge in [0.05, 0.1) is 36.5 Å². The number of anilines is 2. The Morgan fingerprint density at radius 3 is 2.93 bits per heavy atom. The molecule has 2 N–H and O–H groups in total. The van der Waals surface area contributed by atoms with E-state index in [1.807, 2.05) is 22.6 Å². The van der Waals surface area contributed by atoms with Crippen LogP contribution in [0.3, 0.4) is 0 Å². The van der Waals surface area contributed by atoms with Crippen molar-refractivity contribution in [3.8, 4) is 11.4 Å². The molecule has 3 aromatic heterocycles. The minimum atomic E-state index is -2.66. The molecule has 0 spiro atoms. The number of alkyl halides is 2. The molecule has 2 aliphatic rings. The first-order valence-electron chi connectivity index (χ1n) is 9.48. The molecule has 0 aromatic carbocycles. The molecule has 5 heterocycles. The molecule has 146 valence electrons. The van der Waals surface area contributed by atoms with Crippen LogP contribution in [0.5, 0.6) is 0 Å². The highest BCUT2D eigenvalue weighted by atomic mass is 19.3. The Bertz CT molecular complexity index is 997. The van der Waals surface area contributed by atoms with Crippen molar-refractivity contribution in [3.63, 3.8) is 0 Å². The standard InChI is InChI=1S/C19H21F2N7/c20-19(21)5-7-27(12-19)18-11-28-15(9-23-17(28)10-24-18)14-2-1-3-16(26-14)25-13-4-6-22-8-13/h1-3,9-11,13,22H,4-8,12H2,(H,25,26). The van der Waals surface area contributed by atoms with Crippen molar-refractivity contribution in [2.45, 2.75) is 24.8 Å². The van der Waals surface area contributed by atoms with Gasteiger partial charge in [0.15, 0.2) is 5.65 Å². The summed E-state index contributed by atoms with van der Waals surface area (Å²) in [6.07, 6.45) is 6.04. The van der Waals surface area contributed by atoms with Gasteiger partial charge in [-0.25, -0.2) is 23.7 Å². The molecule has 9 heteroatoms. The lowest BCUT2D eigenvalue weighted by atomic mass is 10.2. The number of imidazole rings is 1. The quantitative estimate of drug-likeness (QED) is 0.719. The number of nitrogens with zero attached hydrogens (tertiary/aromatic N) is 5. The number of fused-ring (bicyclic) bond motifs is 1. The van der Waals surface area contributed by atoms with Crippen molar-refractivity contribution >= 4 is 17.3 Å². The fourth-order valence-electron chi connectivity index (χ4n) is 3.81. The molecule has 0 amide bonds. The predicted octanol–water partition coefficient (Wildman–Crippen LogP) is 2.41. The van der Waals surface area contributed by atoms with Crippen LogP contribution in [0.4, 0.5) is 20.4 Å². The molecule has 0 radical (unpaired) electrons. The smallest absolute Gasteiger partial charge is 0.266 e. The minimum Gasteiger partial charge on any atom is -0.366 e. The van der Waals surface area contributed by atoms with Gasteiger partial charge in [0.2, 0.25) is 0 Å². The third-order valence-electron chi connectivity index (χ3n) is 5.30. The van der Waals surface area contributed by atoms with Crippen molar-refractivity contribution < 1.29 is 8.78 Å². The van der Waals surface area contributed by atoms with Crippen molar-refractivity contribution in [2.24, 2.45) is 0 Å². The third-order valence-corrected chi connectivity index (χ3v) is 5.30. The van der Waals surface area contributed by atoms with E-state index < -0.39 is 5.92 Å². The van der Waals surface area contributed by atoms with Gasteiger partial charge in [-0.2, -0.15) is 0 Å². The monoisotopic (exact) mass is 385 g/mol. The van der Waals surface area contributed by atoms with E-state index in [0.717, 1.165) is 36.7 Å².